The van der Waals surface area contributed by atoms with Crippen molar-refractivity contribution in [2.45, 2.75) is 45.1 Å². The van der Waals surface area contributed by atoms with Gasteiger partial charge >= 0.3 is 0 Å². The van der Waals surface area contributed by atoms with Crippen molar-refractivity contribution in [3.8, 4) is 6.07 Å². The van der Waals surface area contributed by atoms with Crippen molar-refractivity contribution >= 4 is 11.6 Å². The van der Waals surface area contributed by atoms with E-state index in [9.17, 15) is 10.1 Å². The van der Waals surface area contributed by atoms with Crippen molar-refractivity contribution < 1.29 is 4.79 Å². The molecule has 0 spiro atoms. The molecule has 4 nitrogen and oxygen atoms in total. The SMILES string of the molecule is CC(CNC(=O)C1(C#N)CCCCC1)N(C)c1ccccc1. The summed E-state index contributed by atoms with van der Waals surface area (Å²) in [6.07, 6.45) is 4.46. The Kier molecular flexibility index (Phi) is 5.43. The maximum absolute atomic E-state index is 12.5. The molecular formula is C18H25N3O. The summed E-state index contributed by atoms with van der Waals surface area (Å²) in [6.45, 7) is 2.63. The number of nitriles is 1. The molecule has 0 aromatic heterocycles. The summed E-state index contributed by atoms with van der Waals surface area (Å²) in [5.41, 5.74) is 0.320. The number of hydrogen-bond donors (Lipinski definition) is 1. The van der Waals surface area contributed by atoms with E-state index in [4.69, 9.17) is 0 Å². The fourth-order valence-corrected chi connectivity index (χ4v) is 3.01. The lowest BCUT2D eigenvalue weighted by Crippen LogP contribution is -2.46. The minimum absolute atomic E-state index is 0.0944. The first-order valence-electron chi connectivity index (χ1n) is 8.06. The number of rotatable bonds is 5. The van der Waals surface area contributed by atoms with Crippen LogP contribution in [0.15, 0.2) is 30.3 Å². The maximum atomic E-state index is 12.5. The molecule has 0 saturated heterocycles. The summed E-state index contributed by atoms with van der Waals surface area (Å²) in [7, 11) is 2.02. The van der Waals surface area contributed by atoms with Crippen LogP contribution >= 0.6 is 0 Å². The molecule has 1 N–H and O–H groups in total. The van der Waals surface area contributed by atoms with Crippen LogP contribution in [0.25, 0.3) is 0 Å². The zero-order valence-electron chi connectivity index (χ0n) is 13.5. The molecule has 1 aliphatic carbocycles. The molecule has 0 radical (unpaired) electrons. The average molecular weight is 299 g/mol. The van der Waals surface area contributed by atoms with Crippen LogP contribution in [0.3, 0.4) is 0 Å². The van der Waals surface area contributed by atoms with Crippen LogP contribution in [0, 0.1) is 16.7 Å². The fourth-order valence-electron chi connectivity index (χ4n) is 3.01. The molecule has 118 valence electrons. The molecular weight excluding hydrogens is 274 g/mol. The molecule has 1 amide bonds. The van der Waals surface area contributed by atoms with Crippen LogP contribution < -0.4 is 10.2 Å². The van der Waals surface area contributed by atoms with Crippen molar-refractivity contribution in [2.75, 3.05) is 18.5 Å². The number of anilines is 1. The highest BCUT2D eigenvalue weighted by atomic mass is 16.2. The van der Waals surface area contributed by atoms with E-state index >= 15 is 0 Å². The summed E-state index contributed by atoms with van der Waals surface area (Å²) in [5.74, 6) is -0.0944. The van der Waals surface area contributed by atoms with Crippen LogP contribution in [0.4, 0.5) is 5.69 Å². The van der Waals surface area contributed by atoms with Crippen molar-refractivity contribution in [1.29, 1.82) is 5.26 Å². The van der Waals surface area contributed by atoms with Gasteiger partial charge < -0.3 is 10.2 Å². The third-order valence-electron chi connectivity index (χ3n) is 4.74. The van der Waals surface area contributed by atoms with Gasteiger partial charge in [0.25, 0.3) is 0 Å². The monoisotopic (exact) mass is 299 g/mol. The first-order valence-corrected chi connectivity index (χ1v) is 8.06. The van der Waals surface area contributed by atoms with E-state index in [1.807, 2.05) is 25.2 Å². The molecule has 1 unspecified atom stereocenters. The Morgan fingerprint density at radius 2 is 1.95 bits per heavy atom. The molecule has 1 atom stereocenters. The van der Waals surface area contributed by atoms with E-state index in [1.54, 1.807) is 0 Å². The van der Waals surface area contributed by atoms with Crippen LogP contribution in [0.5, 0.6) is 0 Å². The minimum atomic E-state index is -0.802. The van der Waals surface area contributed by atoms with E-state index in [1.165, 1.54) is 0 Å². The third-order valence-corrected chi connectivity index (χ3v) is 4.74. The van der Waals surface area contributed by atoms with Crippen molar-refractivity contribution in [3.05, 3.63) is 30.3 Å². The largest absolute Gasteiger partial charge is 0.370 e. The van der Waals surface area contributed by atoms with Gasteiger partial charge in [-0.2, -0.15) is 5.26 Å². The molecule has 22 heavy (non-hydrogen) atoms. The van der Waals surface area contributed by atoms with Crippen LogP contribution in [0.1, 0.15) is 39.0 Å². The lowest BCUT2D eigenvalue weighted by molar-refractivity contribution is -0.129. The summed E-state index contributed by atoms with van der Waals surface area (Å²) in [6, 6.07) is 12.5. The Morgan fingerprint density at radius 3 is 2.55 bits per heavy atom. The Bertz CT molecular complexity index is 529. The Hall–Kier alpha value is -2.02. The highest BCUT2D eigenvalue weighted by Crippen LogP contribution is 2.35. The quantitative estimate of drug-likeness (QED) is 0.909. The normalized spacial score (nSPS) is 18.0. The second-order valence-corrected chi connectivity index (χ2v) is 6.26. The van der Waals surface area contributed by atoms with Crippen LogP contribution in [0.2, 0.25) is 0 Å². The predicted octanol–water partition coefficient (Wildman–Crippen LogP) is 3.10. The molecule has 0 bridgehead atoms. The van der Waals surface area contributed by atoms with Gasteiger partial charge in [0, 0.05) is 25.3 Å². The highest BCUT2D eigenvalue weighted by molar-refractivity contribution is 5.85. The first-order chi connectivity index (χ1) is 10.6. The number of nitrogens with zero attached hydrogens (tertiary/aromatic N) is 2. The topological polar surface area (TPSA) is 56.1 Å². The number of carbonyl (C=O) groups excluding carboxylic acids is 1. The number of para-hydroxylation sites is 1. The molecule has 1 saturated carbocycles. The summed E-state index contributed by atoms with van der Waals surface area (Å²) in [4.78, 5) is 14.6. The molecule has 4 heteroatoms. The zero-order chi connectivity index (χ0) is 16.0. The van der Waals surface area contributed by atoms with Gasteiger partial charge in [0.2, 0.25) is 5.91 Å². The highest BCUT2D eigenvalue weighted by Gasteiger charge is 2.39. The number of carbonyl (C=O) groups is 1. The van der Waals surface area contributed by atoms with Gasteiger partial charge in [-0.25, -0.2) is 0 Å². The number of likely N-dealkylation sites (N-methyl/N-ethyl adjacent to an activating group) is 1. The van der Waals surface area contributed by atoms with Gasteiger partial charge in [-0.3, -0.25) is 4.79 Å². The van der Waals surface area contributed by atoms with E-state index in [2.05, 4.69) is 35.3 Å². The van der Waals surface area contributed by atoms with Crippen LogP contribution in [-0.2, 0) is 4.79 Å². The van der Waals surface area contributed by atoms with E-state index in [0.717, 1.165) is 24.9 Å². The second kappa shape index (κ2) is 7.31. The van der Waals surface area contributed by atoms with Gasteiger partial charge in [-0.05, 0) is 31.9 Å². The summed E-state index contributed by atoms with van der Waals surface area (Å²) in [5, 5.41) is 12.4. The zero-order valence-corrected chi connectivity index (χ0v) is 13.5. The first kappa shape index (κ1) is 16.4. The maximum Gasteiger partial charge on any atom is 0.240 e. The summed E-state index contributed by atoms with van der Waals surface area (Å²) >= 11 is 0. The van der Waals surface area contributed by atoms with Gasteiger partial charge in [0.1, 0.15) is 5.41 Å². The van der Waals surface area contributed by atoms with Gasteiger partial charge in [-0.1, -0.05) is 37.5 Å². The van der Waals surface area contributed by atoms with Crippen LogP contribution in [-0.4, -0.2) is 25.5 Å². The number of nitrogens with one attached hydrogen (secondary N) is 1. The molecule has 1 aromatic rings. The number of hydrogen-bond acceptors (Lipinski definition) is 3. The lowest BCUT2D eigenvalue weighted by atomic mass is 9.74. The molecule has 0 heterocycles. The molecule has 2 rings (SSSR count). The minimum Gasteiger partial charge on any atom is -0.370 e. The third kappa shape index (κ3) is 3.59. The van der Waals surface area contributed by atoms with Gasteiger partial charge in [0.15, 0.2) is 0 Å². The average Bonchev–Trinajstić information content (AvgIpc) is 2.59. The Labute approximate surface area is 133 Å². The Balaban J connectivity index is 1.91. The summed E-state index contributed by atoms with van der Waals surface area (Å²) < 4.78 is 0. The lowest BCUT2D eigenvalue weighted by Gasteiger charge is -2.31. The number of benzene rings is 1. The van der Waals surface area contributed by atoms with E-state index < -0.39 is 5.41 Å². The smallest absolute Gasteiger partial charge is 0.240 e. The van der Waals surface area contributed by atoms with Crippen molar-refractivity contribution in [2.24, 2.45) is 5.41 Å². The standard InChI is InChI=1S/C18H25N3O/c1-15(21(2)16-9-5-3-6-10-16)13-20-17(22)18(14-19)11-7-4-8-12-18/h3,5-6,9-10,15H,4,7-8,11-13H2,1-2H3,(H,20,22). The van der Waals surface area contributed by atoms with E-state index in [-0.39, 0.29) is 11.9 Å². The van der Waals surface area contributed by atoms with Crippen molar-refractivity contribution in [1.82, 2.24) is 5.32 Å². The van der Waals surface area contributed by atoms with Crippen molar-refractivity contribution in [3.63, 3.8) is 0 Å². The second-order valence-electron chi connectivity index (χ2n) is 6.26. The fraction of sp³-hybridized carbons (Fsp3) is 0.556. The molecule has 1 aliphatic rings. The molecule has 1 aromatic carbocycles. The van der Waals surface area contributed by atoms with Gasteiger partial charge in [-0.15, -0.1) is 0 Å². The predicted molar refractivity (Wildman–Crippen MR) is 88.4 cm³/mol. The van der Waals surface area contributed by atoms with E-state index in [0.29, 0.717) is 19.4 Å². The number of amides is 1. The van der Waals surface area contributed by atoms with Gasteiger partial charge in [0.05, 0.1) is 6.07 Å². The molecule has 0 aliphatic heterocycles. The Morgan fingerprint density at radius 1 is 1.32 bits per heavy atom. The molecule has 1 fully saturated rings.